The van der Waals surface area contributed by atoms with Crippen molar-refractivity contribution < 1.29 is 8.42 Å². The van der Waals surface area contributed by atoms with Crippen LogP contribution in [0.1, 0.15) is 5.56 Å². The average Bonchev–Trinajstić information content (AvgIpc) is 3.01. The van der Waals surface area contributed by atoms with Crippen molar-refractivity contribution in [2.75, 3.05) is 32.4 Å². The molecule has 0 amide bonds. The van der Waals surface area contributed by atoms with Crippen LogP contribution < -0.4 is 0 Å². The fraction of sp³-hybridized carbons (Fsp3) is 0.429. The zero-order valence-corrected chi connectivity index (χ0v) is 13.2. The van der Waals surface area contributed by atoms with Crippen molar-refractivity contribution in [2.45, 2.75) is 6.54 Å². The van der Waals surface area contributed by atoms with Crippen LogP contribution >= 0.6 is 0 Å². The van der Waals surface area contributed by atoms with Crippen molar-refractivity contribution >= 4 is 10.0 Å². The first kappa shape index (κ1) is 15.1. The number of pyridine rings is 1. The Morgan fingerprint density at radius 3 is 2.68 bits per heavy atom. The lowest BCUT2D eigenvalue weighted by Crippen LogP contribution is -2.47. The smallest absolute Gasteiger partial charge is 0.211 e. The molecule has 1 aliphatic heterocycles. The highest BCUT2D eigenvalue weighted by Gasteiger charge is 2.23. The molecule has 0 N–H and O–H groups in total. The predicted molar refractivity (Wildman–Crippen MR) is 81.9 cm³/mol. The van der Waals surface area contributed by atoms with Crippen LogP contribution in [0.2, 0.25) is 0 Å². The Morgan fingerprint density at radius 1 is 1.27 bits per heavy atom. The fourth-order valence-electron chi connectivity index (χ4n) is 2.52. The molecule has 8 heteroatoms. The summed E-state index contributed by atoms with van der Waals surface area (Å²) in [4.78, 5) is 6.54. The molecule has 0 atom stereocenters. The van der Waals surface area contributed by atoms with Gasteiger partial charge in [0, 0.05) is 51.2 Å². The first-order chi connectivity index (χ1) is 10.5. The molecule has 3 heterocycles. The van der Waals surface area contributed by atoms with Crippen molar-refractivity contribution in [3.63, 3.8) is 0 Å². The third-order valence-electron chi connectivity index (χ3n) is 3.70. The van der Waals surface area contributed by atoms with Crippen LogP contribution in [0.25, 0.3) is 5.82 Å². The maximum Gasteiger partial charge on any atom is 0.211 e. The molecule has 2 aromatic rings. The van der Waals surface area contributed by atoms with E-state index in [-0.39, 0.29) is 0 Å². The van der Waals surface area contributed by atoms with Crippen LogP contribution in [-0.4, -0.2) is 64.8 Å². The summed E-state index contributed by atoms with van der Waals surface area (Å²) in [7, 11) is -3.08. The van der Waals surface area contributed by atoms with Crippen LogP contribution in [0, 0.1) is 6.07 Å². The predicted octanol–water partition coefficient (Wildman–Crippen LogP) is 0.145. The van der Waals surface area contributed by atoms with Crippen LogP contribution in [-0.2, 0) is 16.6 Å². The van der Waals surface area contributed by atoms with Gasteiger partial charge in [0.1, 0.15) is 0 Å². The van der Waals surface area contributed by atoms with E-state index in [0.29, 0.717) is 13.1 Å². The van der Waals surface area contributed by atoms with Gasteiger partial charge in [-0.25, -0.2) is 18.1 Å². The normalized spacial score (nSPS) is 17.7. The molecular formula is C14H18N5O2S. The van der Waals surface area contributed by atoms with Crippen LogP contribution in [0.15, 0.2) is 30.7 Å². The van der Waals surface area contributed by atoms with Gasteiger partial charge in [-0.2, -0.15) is 9.40 Å². The van der Waals surface area contributed by atoms with Gasteiger partial charge in [0.15, 0.2) is 5.82 Å². The largest absolute Gasteiger partial charge is 0.296 e. The molecule has 0 unspecified atom stereocenters. The van der Waals surface area contributed by atoms with Gasteiger partial charge in [0.25, 0.3) is 0 Å². The number of aromatic nitrogens is 3. The van der Waals surface area contributed by atoms with Crippen molar-refractivity contribution in [2.24, 2.45) is 0 Å². The highest BCUT2D eigenvalue weighted by atomic mass is 32.2. The Kier molecular flexibility index (Phi) is 4.23. The van der Waals surface area contributed by atoms with Crippen molar-refractivity contribution in [1.29, 1.82) is 0 Å². The van der Waals surface area contributed by atoms with E-state index in [4.69, 9.17) is 0 Å². The third kappa shape index (κ3) is 3.52. The van der Waals surface area contributed by atoms with E-state index in [0.717, 1.165) is 31.0 Å². The second-order valence-electron chi connectivity index (χ2n) is 5.35. The molecule has 1 fully saturated rings. The second-order valence-corrected chi connectivity index (χ2v) is 7.33. The average molecular weight is 320 g/mol. The van der Waals surface area contributed by atoms with E-state index in [1.54, 1.807) is 23.3 Å². The van der Waals surface area contributed by atoms with E-state index in [2.05, 4.69) is 21.0 Å². The van der Waals surface area contributed by atoms with E-state index >= 15 is 0 Å². The second kappa shape index (κ2) is 6.15. The molecule has 2 aromatic heterocycles. The lowest BCUT2D eigenvalue weighted by atomic mass is 10.2. The highest BCUT2D eigenvalue weighted by molar-refractivity contribution is 7.88. The first-order valence-corrected chi connectivity index (χ1v) is 8.91. The number of piperazine rings is 1. The zero-order valence-electron chi connectivity index (χ0n) is 12.4. The molecule has 7 nitrogen and oxygen atoms in total. The summed E-state index contributed by atoms with van der Waals surface area (Å²) in [6.07, 6.45) is 6.35. The summed E-state index contributed by atoms with van der Waals surface area (Å²) >= 11 is 0. The molecule has 0 aliphatic carbocycles. The Balaban J connectivity index is 1.64. The van der Waals surface area contributed by atoms with Gasteiger partial charge in [0.2, 0.25) is 10.0 Å². The van der Waals surface area contributed by atoms with Crippen LogP contribution in [0.4, 0.5) is 0 Å². The number of sulfonamides is 1. The summed E-state index contributed by atoms with van der Waals surface area (Å²) in [5.74, 6) is 0.758. The third-order valence-corrected chi connectivity index (χ3v) is 5.01. The number of nitrogens with zero attached hydrogens (tertiary/aromatic N) is 5. The number of hydrogen-bond acceptors (Lipinski definition) is 5. The molecule has 117 valence electrons. The molecule has 0 aromatic carbocycles. The van der Waals surface area contributed by atoms with Gasteiger partial charge in [0.05, 0.1) is 12.5 Å². The van der Waals surface area contributed by atoms with Gasteiger partial charge in [-0.05, 0) is 17.7 Å². The zero-order chi connectivity index (χ0) is 15.6. The van der Waals surface area contributed by atoms with Gasteiger partial charge in [-0.1, -0.05) is 0 Å². The number of rotatable bonds is 4. The Labute approximate surface area is 130 Å². The summed E-state index contributed by atoms with van der Waals surface area (Å²) in [6, 6.07) is 6.85. The summed E-state index contributed by atoms with van der Waals surface area (Å²) in [5, 5.41) is 4.12. The number of hydrogen-bond donors (Lipinski definition) is 0. The van der Waals surface area contributed by atoms with Gasteiger partial charge < -0.3 is 0 Å². The Hall–Kier alpha value is -1.77. The molecule has 1 radical (unpaired) electrons. The van der Waals surface area contributed by atoms with Gasteiger partial charge >= 0.3 is 0 Å². The maximum absolute atomic E-state index is 11.5. The van der Waals surface area contributed by atoms with E-state index in [9.17, 15) is 8.42 Å². The first-order valence-electron chi connectivity index (χ1n) is 7.06. The van der Waals surface area contributed by atoms with Gasteiger partial charge in [-0.15, -0.1) is 0 Å². The van der Waals surface area contributed by atoms with Crippen molar-refractivity contribution in [3.8, 4) is 5.82 Å². The molecule has 1 saturated heterocycles. The van der Waals surface area contributed by atoms with Crippen LogP contribution in [0.3, 0.4) is 0 Å². The van der Waals surface area contributed by atoms with Crippen LogP contribution in [0.5, 0.6) is 0 Å². The highest BCUT2D eigenvalue weighted by Crippen LogP contribution is 2.12. The van der Waals surface area contributed by atoms with E-state index in [1.807, 2.05) is 12.1 Å². The molecular weight excluding hydrogens is 302 g/mol. The van der Waals surface area contributed by atoms with Gasteiger partial charge in [-0.3, -0.25) is 4.90 Å². The fourth-order valence-corrected chi connectivity index (χ4v) is 3.35. The molecule has 3 rings (SSSR count). The lowest BCUT2D eigenvalue weighted by Gasteiger charge is -2.33. The summed E-state index contributed by atoms with van der Waals surface area (Å²) < 4.78 is 26.2. The summed E-state index contributed by atoms with van der Waals surface area (Å²) in [6.45, 7) is 3.34. The molecule has 0 spiro atoms. The maximum atomic E-state index is 11.5. The standard InChI is InChI=1S/C14H18N5O2S/c1-22(20,21)18-9-7-17(8-10-18)12-13-3-5-15-14(11-13)19-6-2-4-16-19/h3-6,11H,7-10,12H2,1H3. The topological polar surface area (TPSA) is 71.3 Å². The lowest BCUT2D eigenvalue weighted by molar-refractivity contribution is 0.182. The SMILES string of the molecule is CS(=O)(=O)N1CCN(Cc2ccnc(-n3c[c]cn3)c2)CC1. The molecule has 22 heavy (non-hydrogen) atoms. The molecule has 1 aliphatic rings. The molecule has 0 bridgehead atoms. The van der Waals surface area contributed by atoms with Crippen molar-refractivity contribution in [1.82, 2.24) is 24.0 Å². The van der Waals surface area contributed by atoms with E-state index in [1.165, 1.54) is 10.6 Å². The molecule has 0 saturated carbocycles. The minimum Gasteiger partial charge on any atom is -0.296 e. The minimum absolute atomic E-state index is 0.547. The van der Waals surface area contributed by atoms with Crippen molar-refractivity contribution in [3.05, 3.63) is 42.4 Å². The quantitative estimate of drug-likeness (QED) is 0.802. The minimum atomic E-state index is -3.08. The Morgan fingerprint density at radius 2 is 2.05 bits per heavy atom. The summed E-state index contributed by atoms with van der Waals surface area (Å²) in [5.41, 5.74) is 1.13. The van der Waals surface area contributed by atoms with E-state index < -0.39 is 10.0 Å². The Bertz CT molecular complexity index is 721. The monoisotopic (exact) mass is 320 g/mol.